The second-order valence-corrected chi connectivity index (χ2v) is 6.52. The molecule has 26 heavy (non-hydrogen) atoms. The monoisotopic (exact) mass is 346 g/mol. The normalized spacial score (nSPS) is 17.8. The first-order valence-electron chi connectivity index (χ1n) is 9.01. The van der Waals surface area contributed by atoms with E-state index in [9.17, 15) is 0 Å². The van der Waals surface area contributed by atoms with Gasteiger partial charge >= 0.3 is 0 Å². The van der Waals surface area contributed by atoms with Gasteiger partial charge in [0.15, 0.2) is 0 Å². The molecule has 0 aliphatic carbocycles. The summed E-state index contributed by atoms with van der Waals surface area (Å²) in [6.07, 6.45) is 10.3. The van der Waals surface area contributed by atoms with Crippen molar-refractivity contribution in [2.75, 3.05) is 11.9 Å². The van der Waals surface area contributed by atoms with E-state index in [2.05, 4.69) is 55.5 Å². The minimum absolute atomic E-state index is 0.319. The fraction of sp³-hybridized carbons (Fsp3) is 0.300. The second kappa shape index (κ2) is 8.01. The summed E-state index contributed by atoms with van der Waals surface area (Å²) in [5.74, 6) is 0.586. The Morgan fingerprint density at radius 3 is 2.73 bits per heavy atom. The molecule has 1 unspecified atom stereocenters. The van der Waals surface area contributed by atoms with Crippen LogP contribution >= 0.6 is 0 Å². The maximum absolute atomic E-state index is 4.76. The number of aromatic nitrogens is 4. The van der Waals surface area contributed by atoms with Gasteiger partial charge in [-0.05, 0) is 31.0 Å². The van der Waals surface area contributed by atoms with Gasteiger partial charge in [0, 0.05) is 12.7 Å². The maximum Gasteiger partial charge on any atom is 0.227 e. The van der Waals surface area contributed by atoms with Crippen molar-refractivity contribution >= 4 is 11.6 Å². The van der Waals surface area contributed by atoms with Crippen LogP contribution in [0, 0.1) is 0 Å². The van der Waals surface area contributed by atoms with Gasteiger partial charge < -0.3 is 5.32 Å². The number of hydrogen-bond acceptors (Lipinski definition) is 6. The van der Waals surface area contributed by atoms with Gasteiger partial charge in [-0.25, -0.2) is 19.9 Å². The highest BCUT2D eigenvalue weighted by Gasteiger charge is 2.25. The Kier molecular flexibility index (Phi) is 5.12. The summed E-state index contributed by atoms with van der Waals surface area (Å²) in [5.41, 5.74) is 3.19. The lowest BCUT2D eigenvalue weighted by molar-refractivity contribution is 0.137. The van der Waals surface area contributed by atoms with Crippen LogP contribution in [0.4, 0.5) is 11.6 Å². The molecule has 3 aromatic rings. The minimum Gasteiger partial charge on any atom is -0.322 e. The topological polar surface area (TPSA) is 66.8 Å². The third kappa shape index (κ3) is 4.03. The number of nitrogens with one attached hydrogen (secondary N) is 1. The molecule has 1 saturated heterocycles. The van der Waals surface area contributed by atoms with E-state index in [4.69, 9.17) is 4.98 Å². The molecular formula is C20H22N6. The van der Waals surface area contributed by atoms with Crippen LogP contribution in [-0.2, 0) is 6.54 Å². The SMILES string of the molecule is c1ccc(CN2CCCCC2c2ccnc(Nc3cncnc3)n2)cc1. The zero-order chi connectivity index (χ0) is 17.6. The average Bonchev–Trinajstić information content (AvgIpc) is 2.70. The molecule has 3 heterocycles. The minimum atomic E-state index is 0.319. The third-order valence-electron chi connectivity index (χ3n) is 4.68. The molecule has 6 nitrogen and oxygen atoms in total. The van der Waals surface area contributed by atoms with Gasteiger partial charge in [0.25, 0.3) is 0 Å². The summed E-state index contributed by atoms with van der Waals surface area (Å²) in [6.45, 7) is 2.05. The Morgan fingerprint density at radius 2 is 1.88 bits per heavy atom. The van der Waals surface area contributed by atoms with Crippen LogP contribution in [0.3, 0.4) is 0 Å². The van der Waals surface area contributed by atoms with E-state index >= 15 is 0 Å². The summed E-state index contributed by atoms with van der Waals surface area (Å²) in [4.78, 5) is 19.7. The predicted molar refractivity (Wildman–Crippen MR) is 101 cm³/mol. The first kappa shape index (κ1) is 16.6. The van der Waals surface area contributed by atoms with Crippen LogP contribution in [0.2, 0.25) is 0 Å². The van der Waals surface area contributed by atoms with E-state index in [-0.39, 0.29) is 0 Å². The van der Waals surface area contributed by atoms with Crippen molar-refractivity contribution < 1.29 is 0 Å². The summed E-state index contributed by atoms with van der Waals surface area (Å²) >= 11 is 0. The van der Waals surface area contributed by atoms with Crippen molar-refractivity contribution in [1.82, 2.24) is 24.8 Å². The lowest BCUT2D eigenvalue weighted by Crippen LogP contribution is -2.33. The Labute approximate surface area is 153 Å². The number of rotatable bonds is 5. The zero-order valence-electron chi connectivity index (χ0n) is 14.6. The van der Waals surface area contributed by atoms with E-state index in [1.807, 2.05) is 12.3 Å². The maximum atomic E-state index is 4.76. The number of anilines is 2. The van der Waals surface area contributed by atoms with E-state index < -0.39 is 0 Å². The van der Waals surface area contributed by atoms with Crippen LogP contribution in [-0.4, -0.2) is 31.4 Å². The van der Waals surface area contributed by atoms with E-state index in [1.165, 1.54) is 24.7 Å². The molecule has 2 aromatic heterocycles. The van der Waals surface area contributed by atoms with Crippen molar-refractivity contribution in [2.45, 2.75) is 31.8 Å². The fourth-order valence-electron chi connectivity index (χ4n) is 3.44. The molecule has 0 amide bonds. The molecule has 1 aliphatic rings. The van der Waals surface area contributed by atoms with Crippen molar-refractivity contribution in [3.8, 4) is 0 Å². The van der Waals surface area contributed by atoms with E-state index in [1.54, 1.807) is 12.4 Å². The molecule has 1 fully saturated rings. The highest BCUT2D eigenvalue weighted by molar-refractivity contribution is 5.49. The first-order chi connectivity index (χ1) is 12.9. The standard InChI is InChI=1S/C20H22N6/c1-2-6-16(7-3-1)14-26-11-5-4-8-19(26)18-9-10-23-20(25-18)24-17-12-21-15-22-13-17/h1-3,6-7,9-10,12-13,15,19H,4-5,8,11,14H2,(H,23,24,25). The second-order valence-electron chi connectivity index (χ2n) is 6.52. The van der Waals surface area contributed by atoms with Crippen molar-refractivity contribution in [3.05, 3.63) is 72.6 Å². The summed E-state index contributed by atoms with van der Waals surface area (Å²) in [7, 11) is 0. The van der Waals surface area contributed by atoms with E-state index in [0.29, 0.717) is 12.0 Å². The first-order valence-corrected chi connectivity index (χ1v) is 9.01. The highest BCUT2D eigenvalue weighted by Crippen LogP contribution is 2.31. The van der Waals surface area contributed by atoms with Crippen molar-refractivity contribution in [3.63, 3.8) is 0 Å². The van der Waals surface area contributed by atoms with Gasteiger partial charge in [0.2, 0.25) is 5.95 Å². The zero-order valence-corrected chi connectivity index (χ0v) is 14.6. The molecule has 1 N–H and O–H groups in total. The van der Waals surface area contributed by atoms with Gasteiger partial charge in [-0.15, -0.1) is 0 Å². The molecule has 0 bridgehead atoms. The molecule has 1 atom stereocenters. The number of hydrogen-bond donors (Lipinski definition) is 1. The third-order valence-corrected chi connectivity index (χ3v) is 4.68. The number of likely N-dealkylation sites (tertiary alicyclic amines) is 1. The van der Waals surface area contributed by atoms with Crippen molar-refractivity contribution in [2.24, 2.45) is 0 Å². The molecule has 6 heteroatoms. The lowest BCUT2D eigenvalue weighted by Gasteiger charge is -2.35. The number of nitrogens with zero attached hydrogens (tertiary/aromatic N) is 5. The highest BCUT2D eigenvalue weighted by atomic mass is 15.2. The number of benzene rings is 1. The molecule has 0 saturated carbocycles. The molecule has 1 aliphatic heterocycles. The molecular weight excluding hydrogens is 324 g/mol. The van der Waals surface area contributed by atoms with Crippen molar-refractivity contribution in [1.29, 1.82) is 0 Å². The Balaban J connectivity index is 1.53. The van der Waals surface area contributed by atoms with Gasteiger partial charge in [0.05, 0.1) is 29.8 Å². The van der Waals surface area contributed by atoms with Gasteiger partial charge in [0.1, 0.15) is 6.33 Å². The Bertz CT molecular complexity index is 824. The lowest BCUT2D eigenvalue weighted by atomic mass is 9.98. The molecule has 0 radical (unpaired) electrons. The molecule has 1 aromatic carbocycles. The van der Waals surface area contributed by atoms with Crippen LogP contribution in [0.5, 0.6) is 0 Å². The Hall–Kier alpha value is -2.86. The molecule has 132 valence electrons. The van der Waals surface area contributed by atoms with Crippen LogP contribution < -0.4 is 5.32 Å². The predicted octanol–water partition coefficient (Wildman–Crippen LogP) is 3.74. The smallest absolute Gasteiger partial charge is 0.227 e. The Morgan fingerprint density at radius 1 is 1.04 bits per heavy atom. The van der Waals surface area contributed by atoms with Gasteiger partial charge in [-0.2, -0.15) is 0 Å². The summed E-state index contributed by atoms with van der Waals surface area (Å²) < 4.78 is 0. The largest absolute Gasteiger partial charge is 0.322 e. The molecule has 4 rings (SSSR count). The van der Waals surface area contributed by atoms with Crippen LogP contribution in [0.1, 0.15) is 36.6 Å². The summed E-state index contributed by atoms with van der Waals surface area (Å²) in [6, 6.07) is 13.0. The average molecular weight is 346 g/mol. The quantitative estimate of drug-likeness (QED) is 0.759. The van der Waals surface area contributed by atoms with E-state index in [0.717, 1.165) is 30.9 Å². The van der Waals surface area contributed by atoms with Crippen LogP contribution in [0.25, 0.3) is 0 Å². The fourth-order valence-corrected chi connectivity index (χ4v) is 3.44. The summed E-state index contributed by atoms with van der Waals surface area (Å²) in [5, 5.41) is 3.18. The number of piperidine rings is 1. The molecule has 0 spiro atoms. The van der Waals surface area contributed by atoms with Gasteiger partial charge in [-0.1, -0.05) is 36.8 Å². The van der Waals surface area contributed by atoms with Gasteiger partial charge in [-0.3, -0.25) is 4.90 Å². The van der Waals surface area contributed by atoms with Crippen LogP contribution in [0.15, 0.2) is 61.3 Å².